The molecule has 0 saturated carbocycles. The van der Waals surface area contributed by atoms with Crippen LogP contribution in [0.3, 0.4) is 0 Å². The first-order valence-electron chi connectivity index (χ1n) is 6.94. The van der Waals surface area contributed by atoms with Crippen LogP contribution in [0.15, 0.2) is 28.8 Å². The van der Waals surface area contributed by atoms with E-state index < -0.39 is 0 Å². The van der Waals surface area contributed by atoms with Crippen molar-refractivity contribution in [3.63, 3.8) is 0 Å². The van der Waals surface area contributed by atoms with Crippen LogP contribution in [0.5, 0.6) is 0 Å². The Kier molecular flexibility index (Phi) is 4.84. The fraction of sp³-hybridized carbons (Fsp3) is 0.467. The third-order valence-corrected chi connectivity index (χ3v) is 3.40. The van der Waals surface area contributed by atoms with Crippen LogP contribution < -0.4 is 5.32 Å². The molecule has 2 unspecified atom stereocenters. The van der Waals surface area contributed by atoms with Crippen molar-refractivity contribution < 1.29 is 8.91 Å². The van der Waals surface area contributed by atoms with E-state index in [4.69, 9.17) is 4.52 Å². The van der Waals surface area contributed by atoms with E-state index in [0.29, 0.717) is 11.7 Å². The Morgan fingerprint density at radius 2 is 1.95 bits per heavy atom. The van der Waals surface area contributed by atoms with Crippen LogP contribution in [-0.4, -0.2) is 22.7 Å². The topological polar surface area (TPSA) is 51.0 Å². The lowest BCUT2D eigenvalue weighted by atomic mass is 10.0. The summed E-state index contributed by atoms with van der Waals surface area (Å²) in [5.74, 6) is 0.946. The summed E-state index contributed by atoms with van der Waals surface area (Å²) >= 11 is 0. The molecule has 0 spiro atoms. The molecule has 2 aromatic rings. The Bertz CT molecular complexity index is 538. The molecular weight excluding hydrogens is 257 g/mol. The van der Waals surface area contributed by atoms with Gasteiger partial charge in [-0.15, -0.1) is 0 Å². The van der Waals surface area contributed by atoms with Gasteiger partial charge in [0, 0.05) is 11.6 Å². The monoisotopic (exact) mass is 277 g/mol. The minimum atomic E-state index is -0.275. The summed E-state index contributed by atoms with van der Waals surface area (Å²) in [4.78, 5) is 4.40. The quantitative estimate of drug-likeness (QED) is 0.879. The van der Waals surface area contributed by atoms with E-state index in [-0.39, 0.29) is 17.8 Å². The third-order valence-electron chi connectivity index (χ3n) is 3.40. The van der Waals surface area contributed by atoms with Crippen LogP contribution in [0.2, 0.25) is 0 Å². The molecule has 0 aliphatic rings. The number of nitrogens with zero attached hydrogens (tertiary/aromatic N) is 2. The number of hydrogen-bond acceptors (Lipinski definition) is 4. The molecule has 2 atom stereocenters. The molecule has 0 bridgehead atoms. The molecule has 5 heteroatoms. The molecule has 1 heterocycles. The predicted octanol–water partition coefficient (Wildman–Crippen LogP) is 3.37. The number of nitrogens with one attached hydrogen (secondary N) is 1. The van der Waals surface area contributed by atoms with Gasteiger partial charge >= 0.3 is 0 Å². The van der Waals surface area contributed by atoms with Gasteiger partial charge < -0.3 is 9.84 Å². The van der Waals surface area contributed by atoms with Crippen molar-refractivity contribution >= 4 is 0 Å². The zero-order valence-corrected chi connectivity index (χ0v) is 12.1. The summed E-state index contributed by atoms with van der Waals surface area (Å²) in [5, 5.41) is 7.37. The summed E-state index contributed by atoms with van der Waals surface area (Å²) in [6.07, 6.45) is 1.09. The Balaban J connectivity index is 2.10. The molecule has 20 heavy (non-hydrogen) atoms. The van der Waals surface area contributed by atoms with Gasteiger partial charge in [-0.05, 0) is 44.2 Å². The predicted molar refractivity (Wildman–Crippen MR) is 75.9 cm³/mol. The smallest absolute Gasteiger partial charge is 0.231 e. The fourth-order valence-corrected chi connectivity index (χ4v) is 1.90. The normalized spacial score (nSPS) is 14.2. The lowest BCUT2D eigenvalue weighted by Crippen LogP contribution is -2.31. The lowest BCUT2D eigenvalue weighted by Gasteiger charge is -2.17. The molecule has 0 radical (unpaired) electrons. The molecular formula is C15H20FN3O. The molecule has 1 aromatic carbocycles. The Hall–Kier alpha value is -1.75. The molecule has 0 aliphatic carbocycles. The van der Waals surface area contributed by atoms with Crippen molar-refractivity contribution in [2.45, 2.75) is 39.2 Å². The molecule has 0 aliphatic heterocycles. The van der Waals surface area contributed by atoms with Crippen molar-refractivity contribution in [3.8, 4) is 11.4 Å². The van der Waals surface area contributed by atoms with Gasteiger partial charge in [0.25, 0.3) is 0 Å². The van der Waals surface area contributed by atoms with Crippen molar-refractivity contribution in [2.75, 3.05) is 6.54 Å². The molecule has 1 N–H and O–H groups in total. The highest BCUT2D eigenvalue weighted by Crippen LogP contribution is 2.22. The molecule has 4 nitrogen and oxygen atoms in total. The highest BCUT2D eigenvalue weighted by atomic mass is 19.1. The molecule has 1 aromatic heterocycles. The van der Waals surface area contributed by atoms with E-state index in [0.717, 1.165) is 18.5 Å². The number of halogens is 1. The zero-order chi connectivity index (χ0) is 14.5. The fourth-order valence-electron chi connectivity index (χ4n) is 1.90. The number of rotatable bonds is 6. The number of hydrogen-bond donors (Lipinski definition) is 1. The van der Waals surface area contributed by atoms with Crippen LogP contribution in [0.25, 0.3) is 11.4 Å². The maximum absolute atomic E-state index is 12.9. The lowest BCUT2D eigenvalue weighted by molar-refractivity contribution is 0.331. The van der Waals surface area contributed by atoms with Gasteiger partial charge in [-0.3, -0.25) is 0 Å². The highest BCUT2D eigenvalue weighted by molar-refractivity contribution is 5.53. The van der Waals surface area contributed by atoms with Gasteiger partial charge in [-0.25, -0.2) is 4.39 Å². The van der Waals surface area contributed by atoms with Gasteiger partial charge in [-0.1, -0.05) is 19.0 Å². The van der Waals surface area contributed by atoms with Crippen molar-refractivity contribution in [1.82, 2.24) is 15.5 Å². The van der Waals surface area contributed by atoms with E-state index in [1.54, 1.807) is 12.1 Å². The van der Waals surface area contributed by atoms with Crippen molar-refractivity contribution in [1.29, 1.82) is 0 Å². The summed E-state index contributed by atoms with van der Waals surface area (Å²) in [6.45, 7) is 7.24. The first-order chi connectivity index (χ1) is 9.61. The maximum atomic E-state index is 12.9. The van der Waals surface area contributed by atoms with E-state index in [1.807, 2.05) is 0 Å². The molecule has 0 fully saturated rings. The van der Waals surface area contributed by atoms with Crippen molar-refractivity contribution in [3.05, 3.63) is 36.0 Å². The second-order valence-electron chi connectivity index (χ2n) is 4.99. The SMILES string of the molecule is CCCNC(C)C(C)c1nc(-c2ccc(F)cc2)no1. The zero-order valence-electron chi connectivity index (χ0n) is 12.1. The average molecular weight is 277 g/mol. The Labute approximate surface area is 118 Å². The van der Waals surface area contributed by atoms with E-state index in [9.17, 15) is 4.39 Å². The second kappa shape index (κ2) is 6.61. The average Bonchev–Trinajstić information content (AvgIpc) is 2.94. The summed E-state index contributed by atoms with van der Waals surface area (Å²) in [7, 11) is 0. The largest absolute Gasteiger partial charge is 0.339 e. The van der Waals surface area contributed by atoms with Crippen LogP contribution in [0.4, 0.5) is 4.39 Å². The van der Waals surface area contributed by atoms with Crippen LogP contribution in [0.1, 0.15) is 39.0 Å². The van der Waals surface area contributed by atoms with E-state index >= 15 is 0 Å². The van der Waals surface area contributed by atoms with Gasteiger partial charge in [-0.2, -0.15) is 4.98 Å². The Morgan fingerprint density at radius 3 is 2.60 bits per heavy atom. The first-order valence-corrected chi connectivity index (χ1v) is 6.94. The van der Waals surface area contributed by atoms with E-state index in [1.165, 1.54) is 12.1 Å². The Morgan fingerprint density at radius 1 is 1.25 bits per heavy atom. The van der Waals surface area contributed by atoms with Crippen LogP contribution in [-0.2, 0) is 0 Å². The number of aromatic nitrogens is 2. The van der Waals surface area contributed by atoms with Gasteiger partial charge in [0.15, 0.2) is 0 Å². The standard InChI is InChI=1S/C15H20FN3O/c1-4-9-17-11(3)10(2)15-18-14(19-20-15)12-5-7-13(16)8-6-12/h5-8,10-11,17H,4,9H2,1-3H3. The third kappa shape index (κ3) is 3.42. The highest BCUT2D eigenvalue weighted by Gasteiger charge is 2.20. The van der Waals surface area contributed by atoms with Crippen molar-refractivity contribution in [2.24, 2.45) is 0 Å². The minimum absolute atomic E-state index is 0.128. The minimum Gasteiger partial charge on any atom is -0.339 e. The first kappa shape index (κ1) is 14.7. The van der Waals surface area contributed by atoms with Gasteiger partial charge in [0.1, 0.15) is 5.82 Å². The summed E-state index contributed by atoms with van der Waals surface area (Å²) in [5.41, 5.74) is 0.753. The molecule has 0 saturated heterocycles. The molecule has 108 valence electrons. The molecule has 0 amide bonds. The van der Waals surface area contributed by atoms with E-state index in [2.05, 4.69) is 36.2 Å². The summed E-state index contributed by atoms with van der Waals surface area (Å²) in [6, 6.07) is 6.33. The summed E-state index contributed by atoms with van der Waals surface area (Å²) < 4.78 is 18.2. The van der Waals surface area contributed by atoms with Crippen LogP contribution >= 0.6 is 0 Å². The van der Waals surface area contributed by atoms with Gasteiger partial charge in [0.05, 0.1) is 5.92 Å². The molecule has 2 rings (SSSR count). The second-order valence-corrected chi connectivity index (χ2v) is 4.99. The maximum Gasteiger partial charge on any atom is 0.231 e. The number of benzene rings is 1. The van der Waals surface area contributed by atoms with Gasteiger partial charge in [0.2, 0.25) is 11.7 Å². The van der Waals surface area contributed by atoms with Crippen LogP contribution in [0, 0.1) is 5.82 Å².